The van der Waals surface area contributed by atoms with Gasteiger partial charge in [0.05, 0.1) is 24.1 Å². The number of H-pyrrole nitrogens is 1. The maximum atomic E-state index is 12.7. The Balaban J connectivity index is 1.90. The van der Waals surface area contributed by atoms with Gasteiger partial charge >= 0.3 is 0 Å². The minimum atomic E-state index is -0.281. The molecule has 2 heterocycles. The maximum absolute atomic E-state index is 12.7. The van der Waals surface area contributed by atoms with E-state index in [2.05, 4.69) is 30.5 Å². The lowest BCUT2D eigenvalue weighted by Crippen LogP contribution is -2.35. The molecular formula is C22H28ClN7O2. The molecule has 9 nitrogen and oxygen atoms in total. The van der Waals surface area contributed by atoms with Crippen LogP contribution in [0, 0.1) is 5.41 Å². The van der Waals surface area contributed by atoms with Gasteiger partial charge in [-0.25, -0.2) is 9.97 Å². The van der Waals surface area contributed by atoms with Crippen LogP contribution in [-0.2, 0) is 4.74 Å². The first-order chi connectivity index (χ1) is 15.3. The third-order valence-electron chi connectivity index (χ3n) is 4.80. The van der Waals surface area contributed by atoms with Crippen LogP contribution in [-0.4, -0.2) is 78.4 Å². The van der Waals surface area contributed by atoms with Crippen LogP contribution in [0.4, 0.5) is 5.69 Å². The molecule has 0 radical (unpaired) electrons. The van der Waals surface area contributed by atoms with E-state index in [4.69, 9.17) is 21.7 Å². The zero-order valence-corrected chi connectivity index (χ0v) is 19.4. The number of nitrogens with one attached hydrogen (secondary N) is 4. The zero-order chi connectivity index (χ0) is 23.3. The van der Waals surface area contributed by atoms with Gasteiger partial charge in [-0.05, 0) is 39.2 Å². The normalized spacial score (nSPS) is 12.2. The molecule has 0 saturated carbocycles. The summed E-state index contributed by atoms with van der Waals surface area (Å²) in [6.07, 6.45) is 3.10. The van der Waals surface area contributed by atoms with Gasteiger partial charge in [0.25, 0.3) is 5.91 Å². The van der Waals surface area contributed by atoms with Crippen molar-refractivity contribution in [1.29, 1.82) is 5.41 Å². The quantitative estimate of drug-likeness (QED) is 0.347. The molecule has 0 spiro atoms. The molecule has 0 bridgehead atoms. The van der Waals surface area contributed by atoms with E-state index in [1.807, 2.05) is 21.0 Å². The lowest BCUT2D eigenvalue weighted by molar-refractivity contribution is 0.0907. The number of fused-ring (bicyclic) bond motifs is 1. The number of halogens is 1. The fourth-order valence-electron chi connectivity index (χ4n) is 3.21. The van der Waals surface area contributed by atoms with Crippen LogP contribution in [0.15, 0.2) is 30.6 Å². The number of amides is 1. The van der Waals surface area contributed by atoms with Crippen LogP contribution in [0.2, 0.25) is 5.02 Å². The van der Waals surface area contributed by atoms with E-state index in [1.54, 1.807) is 31.5 Å². The second-order valence-corrected chi connectivity index (χ2v) is 8.22. The van der Waals surface area contributed by atoms with E-state index in [0.717, 1.165) is 12.2 Å². The number of aromatic amines is 1. The molecule has 0 fully saturated rings. The lowest BCUT2D eigenvalue weighted by atomic mass is 10.1. The Labute approximate surface area is 192 Å². The molecule has 1 aromatic carbocycles. The van der Waals surface area contributed by atoms with E-state index in [0.29, 0.717) is 46.2 Å². The van der Waals surface area contributed by atoms with Gasteiger partial charge in [0.2, 0.25) is 0 Å². The molecule has 4 N–H and O–H groups in total. The number of methoxy groups -OCH3 is 1. The largest absolute Gasteiger partial charge is 0.383 e. The molecule has 32 heavy (non-hydrogen) atoms. The van der Waals surface area contributed by atoms with Crippen molar-refractivity contribution in [2.45, 2.75) is 13.0 Å². The van der Waals surface area contributed by atoms with Gasteiger partial charge in [-0.3, -0.25) is 10.2 Å². The number of rotatable bonds is 10. The van der Waals surface area contributed by atoms with Gasteiger partial charge in [-0.2, -0.15) is 0 Å². The standard InChI is InChI=1S/C22H28ClN7O2/c1-13(12-32-4)28-22(31)16-10-26-21-20(16)29-18(11-27-21)19(24)15-6-5-14(23)9-17(15)25-7-8-30(2)3/h5-6,9-11,13,24-25H,7-8,12H2,1-4H3,(H,26,27)(H,28,31). The van der Waals surface area contributed by atoms with Crippen molar-refractivity contribution < 1.29 is 9.53 Å². The number of carbonyl (C=O) groups is 1. The summed E-state index contributed by atoms with van der Waals surface area (Å²) in [5.74, 6) is -0.281. The summed E-state index contributed by atoms with van der Waals surface area (Å²) in [5, 5.41) is 15.5. The van der Waals surface area contributed by atoms with Gasteiger partial charge < -0.3 is 25.3 Å². The number of anilines is 1. The molecule has 1 atom stereocenters. The highest BCUT2D eigenvalue weighted by atomic mass is 35.5. The summed E-state index contributed by atoms with van der Waals surface area (Å²) in [5.41, 5.74) is 3.18. The number of hydrogen-bond acceptors (Lipinski definition) is 7. The van der Waals surface area contributed by atoms with Gasteiger partial charge in [-0.15, -0.1) is 0 Å². The first-order valence-corrected chi connectivity index (χ1v) is 10.6. The van der Waals surface area contributed by atoms with Crippen LogP contribution in [0.3, 0.4) is 0 Å². The number of carbonyl (C=O) groups excluding carboxylic acids is 1. The Bertz CT molecular complexity index is 1110. The molecule has 0 aliphatic rings. The molecule has 2 aromatic heterocycles. The Morgan fingerprint density at radius 3 is 2.84 bits per heavy atom. The topological polar surface area (TPSA) is 119 Å². The summed E-state index contributed by atoms with van der Waals surface area (Å²) >= 11 is 6.19. The first kappa shape index (κ1) is 23.6. The number of aromatic nitrogens is 3. The Hall–Kier alpha value is -3.01. The predicted molar refractivity (Wildman–Crippen MR) is 127 cm³/mol. The summed E-state index contributed by atoms with van der Waals surface area (Å²) in [6.45, 7) is 3.78. The van der Waals surface area contributed by atoms with E-state index in [9.17, 15) is 4.79 Å². The van der Waals surface area contributed by atoms with E-state index in [-0.39, 0.29) is 17.7 Å². The Morgan fingerprint density at radius 1 is 1.34 bits per heavy atom. The number of ether oxygens (including phenoxy) is 1. The van der Waals surface area contributed by atoms with Gasteiger partial charge in [0.15, 0.2) is 5.65 Å². The molecule has 0 aliphatic heterocycles. The predicted octanol–water partition coefficient (Wildman–Crippen LogP) is 2.77. The maximum Gasteiger partial charge on any atom is 0.255 e. The van der Waals surface area contributed by atoms with E-state index >= 15 is 0 Å². The molecule has 1 amide bonds. The minimum absolute atomic E-state index is 0.156. The fourth-order valence-corrected chi connectivity index (χ4v) is 3.38. The molecule has 3 aromatic rings. The van der Waals surface area contributed by atoms with Crippen LogP contribution in [0.5, 0.6) is 0 Å². The Kier molecular flexibility index (Phi) is 7.79. The summed E-state index contributed by atoms with van der Waals surface area (Å²) in [6, 6.07) is 5.16. The molecular weight excluding hydrogens is 430 g/mol. The van der Waals surface area contributed by atoms with Crippen molar-refractivity contribution in [3.05, 3.63) is 52.4 Å². The lowest BCUT2D eigenvalue weighted by Gasteiger charge is -2.15. The van der Waals surface area contributed by atoms with Gasteiger partial charge in [-0.1, -0.05) is 11.6 Å². The molecule has 10 heteroatoms. The third kappa shape index (κ3) is 5.61. The minimum Gasteiger partial charge on any atom is -0.383 e. The van der Waals surface area contributed by atoms with Crippen molar-refractivity contribution in [1.82, 2.24) is 25.2 Å². The molecule has 170 valence electrons. The third-order valence-corrected chi connectivity index (χ3v) is 5.04. The molecule has 0 saturated heterocycles. The van der Waals surface area contributed by atoms with Crippen molar-refractivity contribution >= 4 is 40.1 Å². The highest BCUT2D eigenvalue weighted by molar-refractivity contribution is 6.31. The van der Waals surface area contributed by atoms with Crippen molar-refractivity contribution in [2.75, 3.05) is 46.2 Å². The average molecular weight is 458 g/mol. The number of likely N-dealkylation sites (N-methyl/N-ethyl adjacent to an activating group) is 1. The zero-order valence-electron chi connectivity index (χ0n) is 18.6. The molecule has 0 aliphatic carbocycles. The second kappa shape index (κ2) is 10.5. The summed E-state index contributed by atoms with van der Waals surface area (Å²) in [7, 11) is 5.57. The Morgan fingerprint density at radius 2 is 2.12 bits per heavy atom. The van der Waals surface area contributed by atoms with Crippen molar-refractivity contribution in [2.24, 2.45) is 0 Å². The second-order valence-electron chi connectivity index (χ2n) is 7.78. The van der Waals surface area contributed by atoms with Crippen LogP contribution >= 0.6 is 11.6 Å². The number of benzene rings is 1. The van der Waals surface area contributed by atoms with E-state index < -0.39 is 0 Å². The van der Waals surface area contributed by atoms with Crippen LogP contribution < -0.4 is 10.6 Å². The number of nitrogens with zero attached hydrogens (tertiary/aromatic N) is 3. The van der Waals surface area contributed by atoms with Crippen molar-refractivity contribution in [3.8, 4) is 0 Å². The van der Waals surface area contributed by atoms with Crippen LogP contribution in [0.25, 0.3) is 11.2 Å². The molecule has 3 rings (SSSR count). The summed E-state index contributed by atoms with van der Waals surface area (Å²) < 4.78 is 5.07. The smallest absolute Gasteiger partial charge is 0.255 e. The van der Waals surface area contributed by atoms with Gasteiger partial charge in [0, 0.05) is 48.7 Å². The summed E-state index contributed by atoms with van der Waals surface area (Å²) in [4.78, 5) is 26.7. The highest BCUT2D eigenvalue weighted by Gasteiger charge is 2.19. The number of hydrogen-bond donors (Lipinski definition) is 4. The van der Waals surface area contributed by atoms with E-state index in [1.165, 1.54) is 6.20 Å². The molecule has 1 unspecified atom stereocenters. The van der Waals surface area contributed by atoms with Crippen molar-refractivity contribution in [3.63, 3.8) is 0 Å². The first-order valence-electron chi connectivity index (χ1n) is 10.2. The monoisotopic (exact) mass is 457 g/mol. The SMILES string of the molecule is COCC(C)NC(=O)c1c[nH]c2ncc(C(=N)c3ccc(Cl)cc3NCCN(C)C)nc12. The van der Waals surface area contributed by atoms with Gasteiger partial charge in [0.1, 0.15) is 11.2 Å². The highest BCUT2D eigenvalue weighted by Crippen LogP contribution is 2.24. The fraction of sp³-hybridized carbons (Fsp3) is 0.364. The average Bonchev–Trinajstić information content (AvgIpc) is 3.16. The van der Waals surface area contributed by atoms with Crippen LogP contribution in [0.1, 0.15) is 28.5 Å².